The molecule has 1 aromatic carbocycles. The van der Waals surface area contributed by atoms with Crippen LogP contribution in [-0.2, 0) is 6.42 Å². The summed E-state index contributed by atoms with van der Waals surface area (Å²) in [5.74, 6) is 2.07. The molecule has 0 N–H and O–H groups in total. The van der Waals surface area contributed by atoms with E-state index in [0.717, 1.165) is 36.8 Å². The number of ketones is 1. The summed E-state index contributed by atoms with van der Waals surface area (Å²) in [6.07, 6.45) is 4.90. The molecule has 4 rings (SSSR count). The molecule has 1 aliphatic carbocycles. The van der Waals surface area contributed by atoms with Crippen molar-refractivity contribution in [1.29, 1.82) is 0 Å². The number of benzene rings is 1. The van der Waals surface area contributed by atoms with Crippen molar-refractivity contribution in [2.75, 3.05) is 19.7 Å². The van der Waals surface area contributed by atoms with Gasteiger partial charge in [0.2, 0.25) is 0 Å². The molecule has 2 atom stereocenters. The fourth-order valence-corrected chi connectivity index (χ4v) is 3.86. The van der Waals surface area contributed by atoms with Gasteiger partial charge in [0.05, 0.1) is 13.2 Å². The number of Topliss-reactive ketones (excluding diaryl/α,β-unsaturated/α-hetero) is 1. The lowest BCUT2D eigenvalue weighted by Crippen LogP contribution is -2.36. The Bertz CT molecular complexity index is 525. The quantitative estimate of drug-likeness (QED) is 0.778. The van der Waals surface area contributed by atoms with Gasteiger partial charge in [-0.3, -0.25) is 9.69 Å². The SMILES string of the molecule is O=C(CN1CC2CCC1C2)c1ccc2c(c1)CCO2. The second-order valence-corrected chi connectivity index (χ2v) is 6.11. The van der Waals surface area contributed by atoms with Gasteiger partial charge in [-0.15, -0.1) is 0 Å². The number of rotatable bonds is 3. The van der Waals surface area contributed by atoms with Crippen LogP contribution in [0.4, 0.5) is 0 Å². The zero-order valence-electron chi connectivity index (χ0n) is 11.1. The first-order valence-electron chi connectivity index (χ1n) is 7.32. The van der Waals surface area contributed by atoms with Crippen LogP contribution >= 0.6 is 0 Å². The molecule has 2 heterocycles. The number of likely N-dealkylation sites (tertiary alicyclic amines) is 1. The molecule has 19 heavy (non-hydrogen) atoms. The number of piperidine rings is 1. The first kappa shape index (κ1) is 11.5. The molecular weight excluding hydrogens is 238 g/mol. The van der Waals surface area contributed by atoms with E-state index >= 15 is 0 Å². The molecule has 0 radical (unpaired) electrons. The molecule has 2 fully saturated rings. The second kappa shape index (κ2) is 4.34. The van der Waals surface area contributed by atoms with Gasteiger partial charge in [0.15, 0.2) is 5.78 Å². The highest BCUT2D eigenvalue weighted by Gasteiger charge is 2.38. The average Bonchev–Trinajstić information content (AvgIpc) is 3.13. The van der Waals surface area contributed by atoms with Crippen molar-refractivity contribution < 1.29 is 9.53 Å². The highest BCUT2D eigenvalue weighted by molar-refractivity contribution is 5.98. The van der Waals surface area contributed by atoms with Crippen LogP contribution in [0.5, 0.6) is 5.75 Å². The Balaban J connectivity index is 1.48. The smallest absolute Gasteiger partial charge is 0.176 e. The van der Waals surface area contributed by atoms with Crippen molar-refractivity contribution in [1.82, 2.24) is 4.90 Å². The van der Waals surface area contributed by atoms with E-state index in [1.54, 1.807) is 0 Å². The summed E-state index contributed by atoms with van der Waals surface area (Å²) < 4.78 is 5.49. The van der Waals surface area contributed by atoms with Crippen molar-refractivity contribution in [3.63, 3.8) is 0 Å². The maximum absolute atomic E-state index is 12.4. The normalized spacial score (nSPS) is 28.4. The molecule has 3 aliphatic rings. The number of hydrogen-bond donors (Lipinski definition) is 0. The van der Waals surface area contributed by atoms with Crippen molar-refractivity contribution >= 4 is 5.78 Å². The van der Waals surface area contributed by atoms with Gasteiger partial charge in [0.1, 0.15) is 5.75 Å². The Kier molecular flexibility index (Phi) is 2.62. The van der Waals surface area contributed by atoms with Gasteiger partial charge >= 0.3 is 0 Å². The Labute approximate surface area is 113 Å². The minimum absolute atomic E-state index is 0.266. The summed E-state index contributed by atoms with van der Waals surface area (Å²) in [6.45, 7) is 2.48. The third kappa shape index (κ3) is 1.96. The Morgan fingerprint density at radius 2 is 2.32 bits per heavy atom. The van der Waals surface area contributed by atoms with Crippen LogP contribution in [0.2, 0.25) is 0 Å². The zero-order chi connectivity index (χ0) is 12.8. The van der Waals surface area contributed by atoms with E-state index in [9.17, 15) is 4.79 Å². The Hall–Kier alpha value is -1.35. The molecule has 3 heteroatoms. The highest BCUT2D eigenvalue weighted by Crippen LogP contribution is 2.37. The number of fused-ring (bicyclic) bond motifs is 3. The van der Waals surface area contributed by atoms with Gasteiger partial charge in [0, 0.05) is 24.6 Å². The van der Waals surface area contributed by atoms with E-state index < -0.39 is 0 Å². The van der Waals surface area contributed by atoms with Gasteiger partial charge in [-0.1, -0.05) is 0 Å². The number of carbonyl (C=O) groups excluding carboxylic acids is 1. The van der Waals surface area contributed by atoms with Crippen LogP contribution < -0.4 is 4.74 Å². The third-order valence-corrected chi connectivity index (χ3v) is 4.88. The first-order chi connectivity index (χ1) is 9.29. The average molecular weight is 257 g/mol. The Morgan fingerprint density at radius 3 is 3.11 bits per heavy atom. The molecule has 2 aliphatic heterocycles. The molecule has 1 saturated carbocycles. The molecule has 0 spiro atoms. The van der Waals surface area contributed by atoms with Crippen LogP contribution in [0.25, 0.3) is 0 Å². The molecule has 100 valence electrons. The van der Waals surface area contributed by atoms with Gasteiger partial charge in [0.25, 0.3) is 0 Å². The van der Waals surface area contributed by atoms with E-state index in [4.69, 9.17) is 4.74 Å². The first-order valence-corrected chi connectivity index (χ1v) is 7.32. The summed E-state index contributed by atoms with van der Waals surface area (Å²) in [5, 5.41) is 0. The van der Waals surface area contributed by atoms with Gasteiger partial charge < -0.3 is 4.74 Å². The number of ether oxygens (including phenoxy) is 1. The van der Waals surface area contributed by atoms with Crippen molar-refractivity contribution in [2.24, 2.45) is 5.92 Å². The standard InChI is InChI=1S/C16H19NO2/c18-15(10-17-9-11-1-3-14(17)7-11)12-2-4-16-13(8-12)5-6-19-16/h2,4,8,11,14H,1,3,5-7,9-10H2. The lowest BCUT2D eigenvalue weighted by molar-refractivity contribution is 0.0905. The summed E-state index contributed by atoms with van der Waals surface area (Å²) in [4.78, 5) is 14.8. The fraction of sp³-hybridized carbons (Fsp3) is 0.562. The van der Waals surface area contributed by atoms with E-state index in [1.165, 1.54) is 24.8 Å². The predicted octanol–water partition coefficient (Wildman–Crippen LogP) is 2.29. The van der Waals surface area contributed by atoms with Crippen LogP contribution in [0.15, 0.2) is 18.2 Å². The van der Waals surface area contributed by atoms with E-state index in [2.05, 4.69) is 4.90 Å². The van der Waals surface area contributed by atoms with Crippen LogP contribution in [0, 0.1) is 5.92 Å². The van der Waals surface area contributed by atoms with E-state index in [-0.39, 0.29) is 5.78 Å². The maximum atomic E-state index is 12.4. The van der Waals surface area contributed by atoms with Gasteiger partial charge in [-0.2, -0.15) is 0 Å². The monoisotopic (exact) mass is 257 g/mol. The molecule has 1 aromatic rings. The Morgan fingerprint density at radius 1 is 1.37 bits per heavy atom. The predicted molar refractivity (Wildman–Crippen MR) is 72.7 cm³/mol. The number of carbonyl (C=O) groups is 1. The van der Waals surface area contributed by atoms with E-state index in [0.29, 0.717) is 12.6 Å². The summed E-state index contributed by atoms with van der Waals surface area (Å²) >= 11 is 0. The lowest BCUT2D eigenvalue weighted by atomic mass is 10.0. The van der Waals surface area contributed by atoms with Gasteiger partial charge in [-0.25, -0.2) is 0 Å². The van der Waals surface area contributed by atoms with Crippen molar-refractivity contribution in [3.05, 3.63) is 29.3 Å². The molecule has 2 unspecified atom stereocenters. The maximum Gasteiger partial charge on any atom is 0.176 e. The molecule has 2 bridgehead atoms. The molecule has 0 amide bonds. The topological polar surface area (TPSA) is 29.5 Å². The molecule has 1 saturated heterocycles. The molecule has 0 aromatic heterocycles. The summed E-state index contributed by atoms with van der Waals surface area (Å²) in [6, 6.07) is 6.57. The second-order valence-electron chi connectivity index (χ2n) is 6.11. The lowest BCUT2D eigenvalue weighted by Gasteiger charge is -2.25. The zero-order valence-corrected chi connectivity index (χ0v) is 11.1. The van der Waals surface area contributed by atoms with Gasteiger partial charge in [-0.05, 0) is 48.9 Å². The van der Waals surface area contributed by atoms with Crippen LogP contribution in [0.3, 0.4) is 0 Å². The summed E-state index contributed by atoms with van der Waals surface area (Å²) in [5.41, 5.74) is 2.04. The van der Waals surface area contributed by atoms with Crippen LogP contribution in [-0.4, -0.2) is 36.4 Å². The van der Waals surface area contributed by atoms with E-state index in [1.807, 2.05) is 18.2 Å². The molecular formula is C16H19NO2. The minimum Gasteiger partial charge on any atom is -0.493 e. The van der Waals surface area contributed by atoms with Crippen molar-refractivity contribution in [2.45, 2.75) is 31.7 Å². The van der Waals surface area contributed by atoms with Crippen LogP contribution in [0.1, 0.15) is 35.2 Å². The largest absolute Gasteiger partial charge is 0.493 e. The third-order valence-electron chi connectivity index (χ3n) is 4.88. The summed E-state index contributed by atoms with van der Waals surface area (Å²) in [7, 11) is 0. The van der Waals surface area contributed by atoms with Crippen molar-refractivity contribution in [3.8, 4) is 5.75 Å². The number of hydrogen-bond acceptors (Lipinski definition) is 3. The highest BCUT2D eigenvalue weighted by atomic mass is 16.5. The molecule has 3 nitrogen and oxygen atoms in total. The fourth-order valence-electron chi connectivity index (χ4n) is 3.86. The minimum atomic E-state index is 0.266. The number of nitrogens with zero attached hydrogens (tertiary/aromatic N) is 1.